The highest BCUT2D eigenvalue weighted by atomic mass is 16.6. The number of carbonyl (C=O) groups excluding carboxylic acids is 1. The van der Waals surface area contributed by atoms with E-state index in [1.54, 1.807) is 18.2 Å². The molecule has 0 unspecified atom stereocenters. The summed E-state index contributed by atoms with van der Waals surface area (Å²) < 4.78 is 5.30. The molecule has 114 valence electrons. The molecule has 0 heterocycles. The quantitative estimate of drug-likeness (QED) is 0.656. The SMILES string of the molecule is Cc1cccc(NC(=O)COCc2ccc([N+](=O)[O-])cc2)c1. The minimum absolute atomic E-state index is 0.0286. The lowest BCUT2D eigenvalue weighted by atomic mass is 10.2. The van der Waals surface area contributed by atoms with Crippen LogP contribution in [-0.4, -0.2) is 17.4 Å². The summed E-state index contributed by atoms with van der Waals surface area (Å²) in [6.07, 6.45) is 0. The minimum Gasteiger partial charge on any atom is -0.367 e. The molecule has 0 radical (unpaired) electrons. The number of nitrogens with zero attached hydrogens (tertiary/aromatic N) is 1. The van der Waals surface area contributed by atoms with Gasteiger partial charge in [0.2, 0.25) is 5.91 Å². The van der Waals surface area contributed by atoms with Crippen molar-refractivity contribution >= 4 is 17.3 Å². The standard InChI is InChI=1S/C16H16N2O4/c1-12-3-2-4-14(9-12)17-16(19)11-22-10-13-5-7-15(8-6-13)18(20)21/h2-9H,10-11H2,1H3,(H,17,19). The summed E-state index contributed by atoms with van der Waals surface area (Å²) in [6, 6.07) is 13.5. The van der Waals surface area contributed by atoms with Gasteiger partial charge in [-0.2, -0.15) is 0 Å². The zero-order valence-corrected chi connectivity index (χ0v) is 12.1. The molecule has 0 aliphatic carbocycles. The Labute approximate surface area is 127 Å². The van der Waals surface area contributed by atoms with Crippen molar-refractivity contribution in [2.45, 2.75) is 13.5 Å². The Hall–Kier alpha value is -2.73. The Balaban J connectivity index is 1.78. The van der Waals surface area contributed by atoms with Crippen molar-refractivity contribution in [2.24, 2.45) is 0 Å². The van der Waals surface area contributed by atoms with Crippen molar-refractivity contribution < 1.29 is 14.5 Å². The molecule has 0 saturated carbocycles. The molecule has 0 atom stereocenters. The molecule has 0 aromatic heterocycles. The van der Waals surface area contributed by atoms with Gasteiger partial charge in [0.25, 0.3) is 5.69 Å². The first kappa shape index (κ1) is 15.7. The Morgan fingerprint density at radius 3 is 2.59 bits per heavy atom. The summed E-state index contributed by atoms with van der Waals surface area (Å²) in [5, 5.41) is 13.3. The molecule has 2 aromatic carbocycles. The van der Waals surface area contributed by atoms with Crippen LogP contribution in [0.1, 0.15) is 11.1 Å². The van der Waals surface area contributed by atoms with E-state index in [1.807, 2.05) is 25.1 Å². The number of hydrogen-bond donors (Lipinski definition) is 1. The molecule has 6 heteroatoms. The third-order valence-electron chi connectivity index (χ3n) is 2.95. The second kappa shape index (κ2) is 7.33. The van der Waals surface area contributed by atoms with Gasteiger partial charge in [-0.3, -0.25) is 14.9 Å². The number of anilines is 1. The van der Waals surface area contributed by atoms with Crippen LogP contribution in [0, 0.1) is 17.0 Å². The van der Waals surface area contributed by atoms with E-state index >= 15 is 0 Å². The lowest BCUT2D eigenvalue weighted by molar-refractivity contribution is -0.384. The predicted octanol–water partition coefficient (Wildman–Crippen LogP) is 3.06. The van der Waals surface area contributed by atoms with E-state index in [-0.39, 0.29) is 24.8 Å². The molecule has 0 aliphatic heterocycles. The summed E-state index contributed by atoms with van der Waals surface area (Å²) in [5.41, 5.74) is 2.59. The largest absolute Gasteiger partial charge is 0.367 e. The van der Waals surface area contributed by atoms with E-state index in [0.717, 1.165) is 16.8 Å². The number of ether oxygens (including phenoxy) is 1. The molecule has 0 fully saturated rings. The molecule has 6 nitrogen and oxygen atoms in total. The van der Waals surface area contributed by atoms with Crippen LogP contribution in [0.25, 0.3) is 0 Å². The summed E-state index contributed by atoms with van der Waals surface area (Å²) in [4.78, 5) is 21.8. The number of hydrogen-bond acceptors (Lipinski definition) is 4. The zero-order chi connectivity index (χ0) is 15.9. The van der Waals surface area contributed by atoms with E-state index < -0.39 is 4.92 Å². The minimum atomic E-state index is -0.458. The van der Waals surface area contributed by atoms with E-state index in [1.165, 1.54) is 12.1 Å². The Bertz CT molecular complexity index is 668. The van der Waals surface area contributed by atoms with Crippen molar-refractivity contribution in [3.63, 3.8) is 0 Å². The number of nitrogens with one attached hydrogen (secondary N) is 1. The fraction of sp³-hybridized carbons (Fsp3) is 0.188. The zero-order valence-electron chi connectivity index (χ0n) is 12.1. The highest BCUT2D eigenvalue weighted by Gasteiger charge is 2.06. The lowest BCUT2D eigenvalue weighted by Gasteiger charge is -2.07. The first-order chi connectivity index (χ1) is 10.5. The van der Waals surface area contributed by atoms with Gasteiger partial charge in [-0.25, -0.2) is 0 Å². The van der Waals surface area contributed by atoms with Crippen LogP contribution in [0.4, 0.5) is 11.4 Å². The number of amides is 1. The molecule has 22 heavy (non-hydrogen) atoms. The van der Waals surface area contributed by atoms with Gasteiger partial charge in [0.15, 0.2) is 0 Å². The summed E-state index contributed by atoms with van der Waals surface area (Å²) in [6.45, 7) is 2.09. The molecule has 0 spiro atoms. The molecule has 0 aliphatic rings. The Morgan fingerprint density at radius 1 is 1.23 bits per heavy atom. The number of carbonyl (C=O) groups is 1. The van der Waals surface area contributed by atoms with Crippen molar-refractivity contribution in [2.75, 3.05) is 11.9 Å². The fourth-order valence-electron chi connectivity index (χ4n) is 1.90. The van der Waals surface area contributed by atoms with Gasteiger partial charge < -0.3 is 10.1 Å². The van der Waals surface area contributed by atoms with E-state index in [9.17, 15) is 14.9 Å². The van der Waals surface area contributed by atoms with Gasteiger partial charge in [0.05, 0.1) is 11.5 Å². The van der Waals surface area contributed by atoms with E-state index in [0.29, 0.717) is 0 Å². The van der Waals surface area contributed by atoms with Gasteiger partial charge in [-0.1, -0.05) is 12.1 Å². The second-order valence-electron chi connectivity index (χ2n) is 4.83. The first-order valence-electron chi connectivity index (χ1n) is 6.72. The maximum absolute atomic E-state index is 11.7. The molecule has 1 amide bonds. The van der Waals surface area contributed by atoms with Gasteiger partial charge in [-0.05, 0) is 42.3 Å². The highest BCUT2D eigenvalue weighted by molar-refractivity contribution is 5.91. The Morgan fingerprint density at radius 2 is 1.95 bits per heavy atom. The molecule has 0 bridgehead atoms. The monoisotopic (exact) mass is 300 g/mol. The second-order valence-corrected chi connectivity index (χ2v) is 4.83. The van der Waals surface area contributed by atoms with Crippen molar-refractivity contribution in [3.8, 4) is 0 Å². The summed E-state index contributed by atoms with van der Waals surface area (Å²) in [5.74, 6) is -0.243. The maximum atomic E-state index is 11.7. The maximum Gasteiger partial charge on any atom is 0.269 e. The van der Waals surface area contributed by atoms with Crippen LogP contribution in [0.3, 0.4) is 0 Å². The third kappa shape index (κ3) is 4.68. The average Bonchev–Trinajstić information content (AvgIpc) is 2.47. The number of benzene rings is 2. The van der Waals surface area contributed by atoms with Crippen LogP contribution in [0.15, 0.2) is 48.5 Å². The van der Waals surface area contributed by atoms with Gasteiger partial charge >= 0.3 is 0 Å². The van der Waals surface area contributed by atoms with Crippen LogP contribution >= 0.6 is 0 Å². The van der Waals surface area contributed by atoms with Crippen molar-refractivity contribution in [3.05, 3.63) is 69.8 Å². The topological polar surface area (TPSA) is 81.5 Å². The molecule has 2 aromatic rings. The third-order valence-corrected chi connectivity index (χ3v) is 2.95. The molecule has 2 rings (SSSR count). The van der Waals surface area contributed by atoms with Crippen molar-refractivity contribution in [1.29, 1.82) is 0 Å². The van der Waals surface area contributed by atoms with Gasteiger partial charge in [-0.15, -0.1) is 0 Å². The normalized spacial score (nSPS) is 10.2. The first-order valence-corrected chi connectivity index (χ1v) is 6.72. The van der Waals surface area contributed by atoms with E-state index in [4.69, 9.17) is 4.74 Å². The highest BCUT2D eigenvalue weighted by Crippen LogP contribution is 2.13. The van der Waals surface area contributed by atoms with Crippen molar-refractivity contribution in [1.82, 2.24) is 0 Å². The van der Waals surface area contributed by atoms with Crippen LogP contribution in [0.2, 0.25) is 0 Å². The van der Waals surface area contributed by atoms with Gasteiger partial charge in [0, 0.05) is 17.8 Å². The number of nitro benzene ring substituents is 1. The lowest BCUT2D eigenvalue weighted by Crippen LogP contribution is -2.18. The fourth-order valence-corrected chi connectivity index (χ4v) is 1.90. The van der Waals surface area contributed by atoms with Crippen LogP contribution in [-0.2, 0) is 16.1 Å². The van der Waals surface area contributed by atoms with Crippen LogP contribution < -0.4 is 5.32 Å². The Kier molecular flexibility index (Phi) is 5.21. The summed E-state index contributed by atoms with van der Waals surface area (Å²) >= 11 is 0. The van der Waals surface area contributed by atoms with Crippen LogP contribution in [0.5, 0.6) is 0 Å². The van der Waals surface area contributed by atoms with E-state index in [2.05, 4.69) is 5.32 Å². The number of rotatable bonds is 6. The molecule has 1 N–H and O–H groups in total. The number of nitro groups is 1. The molecule has 0 saturated heterocycles. The number of non-ortho nitro benzene ring substituents is 1. The predicted molar refractivity (Wildman–Crippen MR) is 82.6 cm³/mol. The average molecular weight is 300 g/mol. The number of aryl methyl sites for hydroxylation is 1. The van der Waals surface area contributed by atoms with Gasteiger partial charge in [0.1, 0.15) is 6.61 Å². The smallest absolute Gasteiger partial charge is 0.269 e. The molecular weight excluding hydrogens is 284 g/mol. The summed E-state index contributed by atoms with van der Waals surface area (Å²) in [7, 11) is 0. The molecular formula is C16H16N2O4.